The molecule has 6 heteroatoms. The van der Waals surface area contributed by atoms with Gasteiger partial charge in [-0.3, -0.25) is 9.69 Å². The van der Waals surface area contributed by atoms with Crippen LogP contribution in [0.1, 0.15) is 18.4 Å². The number of para-hydroxylation sites is 2. The number of nitrogens with zero attached hydrogens (tertiary/aromatic N) is 3. The number of piperazine rings is 1. The van der Waals surface area contributed by atoms with Gasteiger partial charge in [0, 0.05) is 44.3 Å². The van der Waals surface area contributed by atoms with Crippen LogP contribution in [-0.2, 0) is 11.3 Å². The summed E-state index contributed by atoms with van der Waals surface area (Å²) in [6.45, 7) is 5.99. The molecule has 0 saturated carbocycles. The molecule has 1 atom stereocenters. The lowest BCUT2D eigenvalue weighted by atomic mass is 9.95. The fourth-order valence-corrected chi connectivity index (χ4v) is 4.69. The van der Waals surface area contributed by atoms with Gasteiger partial charge in [0.15, 0.2) is 0 Å². The van der Waals surface area contributed by atoms with Crippen LogP contribution in [0, 0.1) is 5.92 Å². The Hall–Kier alpha value is -2.24. The van der Waals surface area contributed by atoms with Crippen LogP contribution in [0.25, 0.3) is 0 Å². The van der Waals surface area contributed by atoms with Crippen LogP contribution >= 0.6 is 11.6 Å². The summed E-state index contributed by atoms with van der Waals surface area (Å²) in [4.78, 5) is 20.0. The molecule has 160 valence electrons. The number of rotatable bonds is 5. The van der Waals surface area contributed by atoms with Gasteiger partial charge in [0.05, 0.1) is 18.7 Å². The van der Waals surface area contributed by atoms with E-state index in [4.69, 9.17) is 16.3 Å². The lowest BCUT2D eigenvalue weighted by Gasteiger charge is -2.40. The third kappa shape index (κ3) is 4.90. The van der Waals surface area contributed by atoms with E-state index in [1.807, 2.05) is 30.3 Å². The first-order chi connectivity index (χ1) is 14.6. The number of ether oxygens (including phenoxy) is 1. The second-order valence-electron chi connectivity index (χ2n) is 8.18. The van der Waals surface area contributed by atoms with Crippen molar-refractivity contribution >= 4 is 23.2 Å². The Morgan fingerprint density at radius 1 is 1.03 bits per heavy atom. The first kappa shape index (κ1) is 21.0. The van der Waals surface area contributed by atoms with Gasteiger partial charge in [0.25, 0.3) is 0 Å². The van der Waals surface area contributed by atoms with Crippen LogP contribution in [-0.4, -0.2) is 62.1 Å². The van der Waals surface area contributed by atoms with E-state index in [0.29, 0.717) is 5.91 Å². The molecule has 2 aliphatic rings. The first-order valence-electron chi connectivity index (χ1n) is 10.8. The van der Waals surface area contributed by atoms with Gasteiger partial charge in [-0.05, 0) is 49.2 Å². The molecular formula is C24H30ClN3O2. The quantitative estimate of drug-likeness (QED) is 0.724. The van der Waals surface area contributed by atoms with Crippen LogP contribution in [0.2, 0.25) is 5.02 Å². The number of hydrogen-bond donors (Lipinski definition) is 0. The van der Waals surface area contributed by atoms with Crippen LogP contribution in [0.3, 0.4) is 0 Å². The first-order valence-corrected chi connectivity index (χ1v) is 11.2. The average Bonchev–Trinajstić information content (AvgIpc) is 2.80. The Morgan fingerprint density at radius 3 is 2.50 bits per heavy atom. The van der Waals surface area contributed by atoms with E-state index >= 15 is 0 Å². The molecule has 0 aliphatic carbocycles. The fourth-order valence-electron chi connectivity index (χ4n) is 4.57. The van der Waals surface area contributed by atoms with Crippen molar-refractivity contribution in [1.29, 1.82) is 0 Å². The number of halogens is 1. The Morgan fingerprint density at radius 2 is 1.77 bits per heavy atom. The molecule has 1 amide bonds. The number of likely N-dealkylation sites (tertiary alicyclic amines) is 1. The molecule has 5 nitrogen and oxygen atoms in total. The number of amides is 1. The molecular weight excluding hydrogens is 398 g/mol. The predicted octanol–water partition coefficient (Wildman–Crippen LogP) is 3.91. The summed E-state index contributed by atoms with van der Waals surface area (Å²) in [6.07, 6.45) is 2.06. The molecule has 0 aromatic heterocycles. The van der Waals surface area contributed by atoms with Crippen molar-refractivity contribution in [3.63, 3.8) is 0 Å². The molecule has 0 unspecified atom stereocenters. The highest BCUT2D eigenvalue weighted by atomic mass is 35.5. The molecule has 2 aromatic carbocycles. The van der Waals surface area contributed by atoms with Crippen molar-refractivity contribution < 1.29 is 9.53 Å². The van der Waals surface area contributed by atoms with E-state index in [-0.39, 0.29) is 5.92 Å². The minimum Gasteiger partial charge on any atom is -0.495 e. The van der Waals surface area contributed by atoms with Crippen molar-refractivity contribution in [3.8, 4) is 5.75 Å². The summed E-state index contributed by atoms with van der Waals surface area (Å²) < 4.78 is 5.50. The molecule has 0 bridgehead atoms. The third-order valence-corrected chi connectivity index (χ3v) is 6.44. The Balaban J connectivity index is 1.32. The minimum absolute atomic E-state index is 0.101. The van der Waals surface area contributed by atoms with Gasteiger partial charge in [-0.1, -0.05) is 35.9 Å². The molecule has 2 saturated heterocycles. The second kappa shape index (κ2) is 9.71. The molecule has 2 aromatic rings. The number of carbonyl (C=O) groups is 1. The molecule has 0 N–H and O–H groups in total. The van der Waals surface area contributed by atoms with Gasteiger partial charge in [-0.15, -0.1) is 0 Å². The Bertz CT molecular complexity index is 850. The highest BCUT2D eigenvalue weighted by molar-refractivity contribution is 6.30. The van der Waals surface area contributed by atoms with Crippen molar-refractivity contribution in [2.45, 2.75) is 19.4 Å². The van der Waals surface area contributed by atoms with E-state index in [1.165, 1.54) is 5.56 Å². The monoisotopic (exact) mass is 427 g/mol. The normalized spacial score (nSPS) is 20.3. The highest BCUT2D eigenvalue weighted by Gasteiger charge is 2.31. The zero-order chi connectivity index (χ0) is 20.9. The van der Waals surface area contributed by atoms with Gasteiger partial charge in [-0.25, -0.2) is 0 Å². The summed E-state index contributed by atoms with van der Waals surface area (Å²) in [6, 6.07) is 16.1. The second-order valence-corrected chi connectivity index (χ2v) is 8.62. The summed E-state index contributed by atoms with van der Waals surface area (Å²) >= 11 is 6.00. The van der Waals surface area contributed by atoms with Gasteiger partial charge in [0.2, 0.25) is 5.91 Å². The van der Waals surface area contributed by atoms with Crippen molar-refractivity contribution in [3.05, 3.63) is 59.1 Å². The molecule has 0 spiro atoms. The van der Waals surface area contributed by atoms with Gasteiger partial charge in [0.1, 0.15) is 5.75 Å². The lowest BCUT2D eigenvalue weighted by molar-refractivity contribution is -0.137. The molecule has 2 fully saturated rings. The van der Waals surface area contributed by atoms with Crippen molar-refractivity contribution in [2.75, 3.05) is 51.3 Å². The SMILES string of the molecule is COc1ccccc1N1CCN(C(=O)[C@H]2CCCN(Cc3ccc(Cl)cc3)C2)CC1. The lowest BCUT2D eigenvalue weighted by Crippen LogP contribution is -2.52. The number of carbonyl (C=O) groups excluding carboxylic acids is 1. The van der Waals surface area contributed by atoms with Crippen LogP contribution in [0.4, 0.5) is 5.69 Å². The number of methoxy groups -OCH3 is 1. The third-order valence-electron chi connectivity index (χ3n) is 6.19. The zero-order valence-electron chi connectivity index (χ0n) is 17.6. The fraction of sp³-hybridized carbons (Fsp3) is 0.458. The Labute approximate surface area is 184 Å². The number of piperidine rings is 1. The van der Waals surface area contributed by atoms with Crippen molar-refractivity contribution in [1.82, 2.24) is 9.80 Å². The van der Waals surface area contributed by atoms with E-state index < -0.39 is 0 Å². The standard InChI is InChI=1S/C24H30ClN3O2/c1-30-23-7-3-2-6-22(23)27-13-15-28(16-14-27)24(29)20-5-4-12-26(18-20)17-19-8-10-21(25)11-9-19/h2-3,6-11,20H,4-5,12-18H2,1H3/t20-/m0/s1. The maximum absolute atomic E-state index is 13.2. The summed E-state index contributed by atoms with van der Waals surface area (Å²) in [7, 11) is 1.71. The summed E-state index contributed by atoms with van der Waals surface area (Å²) in [5, 5.41) is 0.762. The maximum Gasteiger partial charge on any atom is 0.227 e. The molecule has 30 heavy (non-hydrogen) atoms. The van der Waals surface area contributed by atoms with Gasteiger partial charge < -0.3 is 14.5 Å². The van der Waals surface area contributed by atoms with E-state index in [2.05, 4.69) is 32.9 Å². The molecule has 2 heterocycles. The van der Waals surface area contributed by atoms with Crippen molar-refractivity contribution in [2.24, 2.45) is 5.92 Å². The topological polar surface area (TPSA) is 36.0 Å². The number of anilines is 1. The summed E-state index contributed by atoms with van der Waals surface area (Å²) in [5.41, 5.74) is 2.36. The zero-order valence-corrected chi connectivity index (χ0v) is 18.4. The molecule has 0 radical (unpaired) electrons. The highest BCUT2D eigenvalue weighted by Crippen LogP contribution is 2.29. The predicted molar refractivity (Wildman–Crippen MR) is 121 cm³/mol. The van der Waals surface area contributed by atoms with E-state index in [0.717, 1.165) is 75.1 Å². The molecule has 4 rings (SSSR count). The minimum atomic E-state index is 0.101. The number of hydrogen-bond acceptors (Lipinski definition) is 4. The van der Waals surface area contributed by atoms with E-state index in [1.54, 1.807) is 7.11 Å². The summed E-state index contributed by atoms with van der Waals surface area (Å²) in [5.74, 6) is 1.31. The molecule has 2 aliphatic heterocycles. The Kier molecular flexibility index (Phi) is 6.80. The van der Waals surface area contributed by atoms with Crippen LogP contribution in [0.15, 0.2) is 48.5 Å². The van der Waals surface area contributed by atoms with E-state index in [9.17, 15) is 4.79 Å². The maximum atomic E-state index is 13.2. The van der Waals surface area contributed by atoms with Gasteiger partial charge in [-0.2, -0.15) is 0 Å². The largest absolute Gasteiger partial charge is 0.495 e. The smallest absolute Gasteiger partial charge is 0.227 e. The average molecular weight is 428 g/mol. The number of benzene rings is 2. The van der Waals surface area contributed by atoms with Gasteiger partial charge >= 0.3 is 0 Å². The van der Waals surface area contributed by atoms with Crippen LogP contribution < -0.4 is 9.64 Å². The van der Waals surface area contributed by atoms with Crippen LogP contribution in [0.5, 0.6) is 5.75 Å².